The molecule has 2 rings (SSSR count). The number of carbonyl (C=O) groups excluding carboxylic acids is 1. The van der Waals surface area contributed by atoms with Crippen LogP contribution in [0.3, 0.4) is 0 Å². The highest BCUT2D eigenvalue weighted by Gasteiger charge is 2.38. The van der Waals surface area contributed by atoms with Gasteiger partial charge in [0.2, 0.25) is 5.82 Å². The van der Waals surface area contributed by atoms with Crippen LogP contribution >= 0.6 is 0 Å². The maximum absolute atomic E-state index is 12.7. The fourth-order valence-electron chi connectivity index (χ4n) is 3.05. The van der Waals surface area contributed by atoms with E-state index in [9.17, 15) is 18.0 Å². The molecule has 0 aliphatic heterocycles. The normalized spacial score (nSPS) is 11.8. The summed E-state index contributed by atoms with van der Waals surface area (Å²) in [5.41, 5.74) is 1.38. The molecule has 8 nitrogen and oxygen atoms in total. The number of methoxy groups -OCH3 is 2. The summed E-state index contributed by atoms with van der Waals surface area (Å²) in [6, 6.07) is 6.91. The summed E-state index contributed by atoms with van der Waals surface area (Å²) in [5.74, 6) is -1.75. The summed E-state index contributed by atoms with van der Waals surface area (Å²) in [7, 11) is 3.24. The number of rotatable bonds is 15. The van der Waals surface area contributed by atoms with Gasteiger partial charge in [-0.15, -0.1) is 0 Å². The minimum Gasteiger partial charge on any atom is -0.464 e. The maximum atomic E-state index is 12.7. The first-order valence-electron chi connectivity index (χ1n) is 10.7. The van der Waals surface area contributed by atoms with E-state index in [-0.39, 0.29) is 18.4 Å². The van der Waals surface area contributed by atoms with Crippen molar-refractivity contribution >= 4 is 5.97 Å². The van der Waals surface area contributed by atoms with Gasteiger partial charge in [-0.05, 0) is 31.4 Å². The van der Waals surface area contributed by atoms with Gasteiger partial charge in [-0.25, -0.2) is 0 Å². The topological polar surface area (TPSA) is 86.9 Å². The van der Waals surface area contributed by atoms with Crippen LogP contribution in [0.15, 0.2) is 28.8 Å². The van der Waals surface area contributed by atoms with Crippen molar-refractivity contribution in [3.05, 3.63) is 35.7 Å². The number of hydrogen-bond acceptors (Lipinski definition) is 8. The summed E-state index contributed by atoms with van der Waals surface area (Å²) in [4.78, 5) is 17.3. The molecule has 0 saturated heterocycles. The Hall–Kier alpha value is -2.50. The molecule has 0 atom stereocenters. The van der Waals surface area contributed by atoms with Crippen molar-refractivity contribution in [2.24, 2.45) is 0 Å². The molecule has 0 aliphatic carbocycles. The maximum Gasteiger partial charge on any atom is 0.471 e. The van der Waals surface area contributed by atoms with E-state index < -0.39 is 12.1 Å². The van der Waals surface area contributed by atoms with Crippen molar-refractivity contribution in [3.8, 4) is 11.4 Å². The third-order valence-corrected chi connectivity index (χ3v) is 4.76. The summed E-state index contributed by atoms with van der Waals surface area (Å²) >= 11 is 0. The second-order valence-electron chi connectivity index (χ2n) is 7.41. The first-order valence-corrected chi connectivity index (χ1v) is 10.7. The number of unbranched alkanes of at least 4 members (excludes halogenated alkanes) is 1. The largest absolute Gasteiger partial charge is 0.471 e. The molecule has 0 N–H and O–H groups in total. The number of benzene rings is 1. The number of esters is 1. The number of hydrogen-bond donors (Lipinski definition) is 0. The highest BCUT2D eigenvalue weighted by atomic mass is 19.4. The van der Waals surface area contributed by atoms with Gasteiger partial charge in [-0.1, -0.05) is 29.4 Å². The Morgan fingerprint density at radius 1 is 1.00 bits per heavy atom. The van der Waals surface area contributed by atoms with Crippen LogP contribution in [-0.4, -0.2) is 68.1 Å². The predicted octanol–water partition coefficient (Wildman–Crippen LogP) is 3.95. The highest BCUT2D eigenvalue weighted by Crippen LogP contribution is 2.29. The van der Waals surface area contributed by atoms with Gasteiger partial charge in [0.1, 0.15) is 6.61 Å². The average molecular weight is 473 g/mol. The van der Waals surface area contributed by atoms with Gasteiger partial charge < -0.3 is 18.7 Å². The molecule has 0 unspecified atom stereocenters. The monoisotopic (exact) mass is 473 g/mol. The third-order valence-electron chi connectivity index (χ3n) is 4.76. The predicted molar refractivity (Wildman–Crippen MR) is 113 cm³/mol. The van der Waals surface area contributed by atoms with E-state index >= 15 is 0 Å². The number of aromatic nitrogens is 2. The van der Waals surface area contributed by atoms with Crippen LogP contribution in [0.1, 0.15) is 37.1 Å². The van der Waals surface area contributed by atoms with E-state index in [0.29, 0.717) is 44.7 Å². The van der Waals surface area contributed by atoms with Gasteiger partial charge in [0, 0.05) is 52.5 Å². The van der Waals surface area contributed by atoms with Crippen molar-refractivity contribution in [3.63, 3.8) is 0 Å². The van der Waals surface area contributed by atoms with Crippen LogP contribution in [0.25, 0.3) is 11.4 Å². The Bertz CT molecular complexity index is 827. The zero-order valence-electron chi connectivity index (χ0n) is 18.9. The molecule has 0 amide bonds. The summed E-state index contributed by atoms with van der Waals surface area (Å²) in [6.45, 7) is 3.39. The molecule has 1 aromatic heterocycles. The molecule has 0 saturated carbocycles. The zero-order chi connectivity index (χ0) is 24.1. The van der Waals surface area contributed by atoms with E-state index in [2.05, 4.69) is 19.6 Å². The van der Waals surface area contributed by atoms with Crippen molar-refractivity contribution in [1.29, 1.82) is 0 Å². The zero-order valence-corrected chi connectivity index (χ0v) is 18.9. The Labute approximate surface area is 191 Å². The van der Waals surface area contributed by atoms with Crippen molar-refractivity contribution in [1.82, 2.24) is 15.0 Å². The lowest BCUT2D eigenvalue weighted by molar-refractivity contribution is -0.159. The number of halogens is 3. The van der Waals surface area contributed by atoms with E-state index in [1.54, 1.807) is 38.5 Å². The fraction of sp³-hybridized carbons (Fsp3) is 0.591. The molecule has 0 bridgehead atoms. The van der Waals surface area contributed by atoms with Gasteiger partial charge in [-0.2, -0.15) is 18.2 Å². The minimum atomic E-state index is -4.68. The van der Waals surface area contributed by atoms with Crippen LogP contribution in [0.2, 0.25) is 0 Å². The second kappa shape index (κ2) is 13.9. The smallest absolute Gasteiger partial charge is 0.464 e. The molecule has 184 valence electrons. The van der Waals surface area contributed by atoms with Crippen molar-refractivity contribution < 1.29 is 36.7 Å². The second-order valence-corrected chi connectivity index (χ2v) is 7.41. The molecule has 0 radical (unpaired) electrons. The Balaban J connectivity index is 1.92. The molecule has 2 aromatic rings. The summed E-state index contributed by atoms with van der Waals surface area (Å²) < 4.78 is 57.6. The standard InChI is InChI=1S/C22H30F3N3O5/c1-30-13-4-3-11-28(12-15-32-19(29)6-5-14-31-2)16-17-7-9-18(10-8-17)20-26-21(33-27-20)22(23,24)25/h7-10H,3-6,11-16H2,1-2H3. The fourth-order valence-corrected chi connectivity index (χ4v) is 3.05. The Morgan fingerprint density at radius 3 is 2.33 bits per heavy atom. The van der Waals surface area contributed by atoms with E-state index in [4.69, 9.17) is 14.2 Å². The lowest BCUT2D eigenvalue weighted by Gasteiger charge is -2.22. The van der Waals surface area contributed by atoms with Crippen molar-refractivity contribution in [2.75, 3.05) is 47.1 Å². The van der Waals surface area contributed by atoms with Crippen LogP contribution in [0, 0.1) is 0 Å². The van der Waals surface area contributed by atoms with Crippen LogP contribution in [0.5, 0.6) is 0 Å². The van der Waals surface area contributed by atoms with Crippen LogP contribution < -0.4 is 0 Å². The molecular formula is C22H30F3N3O5. The molecule has 1 heterocycles. The number of ether oxygens (including phenoxy) is 3. The highest BCUT2D eigenvalue weighted by molar-refractivity contribution is 5.69. The summed E-state index contributed by atoms with van der Waals surface area (Å²) in [5, 5.41) is 3.40. The third kappa shape index (κ3) is 9.89. The SMILES string of the molecule is COCCCCN(CCOC(=O)CCCOC)Cc1ccc(-c2noc(C(F)(F)F)n2)cc1. The van der Waals surface area contributed by atoms with E-state index in [0.717, 1.165) is 24.9 Å². The lowest BCUT2D eigenvalue weighted by atomic mass is 10.1. The van der Waals surface area contributed by atoms with Crippen molar-refractivity contribution in [2.45, 2.75) is 38.4 Å². The molecule has 0 fully saturated rings. The molecule has 0 aliphatic rings. The van der Waals surface area contributed by atoms with Crippen LogP contribution in [-0.2, 0) is 31.7 Å². The Morgan fingerprint density at radius 2 is 1.70 bits per heavy atom. The minimum absolute atomic E-state index is 0.120. The quantitative estimate of drug-likeness (QED) is 0.284. The van der Waals surface area contributed by atoms with Gasteiger partial charge in [0.15, 0.2) is 0 Å². The molecule has 11 heteroatoms. The number of carbonyl (C=O) groups is 1. The number of nitrogens with zero attached hydrogens (tertiary/aromatic N) is 3. The molecule has 33 heavy (non-hydrogen) atoms. The number of alkyl halides is 3. The first-order chi connectivity index (χ1) is 15.8. The van der Waals surface area contributed by atoms with Gasteiger partial charge in [0.25, 0.3) is 0 Å². The van der Waals surface area contributed by atoms with Gasteiger partial charge in [-0.3, -0.25) is 9.69 Å². The van der Waals surface area contributed by atoms with E-state index in [1.807, 2.05) is 0 Å². The molecular weight excluding hydrogens is 443 g/mol. The van der Waals surface area contributed by atoms with Gasteiger partial charge >= 0.3 is 18.0 Å². The van der Waals surface area contributed by atoms with E-state index in [1.165, 1.54) is 0 Å². The average Bonchev–Trinajstić information content (AvgIpc) is 3.28. The van der Waals surface area contributed by atoms with Crippen LogP contribution in [0.4, 0.5) is 13.2 Å². The first kappa shape index (κ1) is 26.7. The Kier molecular flexibility index (Phi) is 11.3. The summed E-state index contributed by atoms with van der Waals surface area (Å²) in [6.07, 6.45) is -1.93. The molecule has 0 spiro atoms. The lowest BCUT2D eigenvalue weighted by Crippen LogP contribution is -2.29. The van der Waals surface area contributed by atoms with Gasteiger partial charge in [0.05, 0.1) is 0 Å². The molecule has 1 aromatic carbocycles.